The number of aryl methyl sites for hydroxylation is 1. The lowest BCUT2D eigenvalue weighted by atomic mass is 10.0. The molecule has 0 fully saturated rings. The Morgan fingerprint density at radius 2 is 2.22 bits per heavy atom. The minimum Gasteiger partial charge on any atom is -0.393 e. The zero-order valence-electron chi connectivity index (χ0n) is 10.8. The summed E-state index contributed by atoms with van der Waals surface area (Å²) in [5.41, 5.74) is 1.01. The summed E-state index contributed by atoms with van der Waals surface area (Å²) >= 11 is 1.59. The van der Waals surface area contributed by atoms with E-state index in [4.69, 9.17) is 4.52 Å². The van der Waals surface area contributed by atoms with Gasteiger partial charge in [-0.05, 0) is 20.3 Å². The molecule has 0 saturated carbocycles. The maximum absolute atomic E-state index is 9.63. The third-order valence-corrected chi connectivity index (χ3v) is 3.77. The highest BCUT2D eigenvalue weighted by Gasteiger charge is 2.22. The number of hydrogen-bond donors (Lipinski definition) is 1. The van der Waals surface area contributed by atoms with E-state index in [0.29, 0.717) is 18.1 Å². The van der Waals surface area contributed by atoms with Gasteiger partial charge >= 0.3 is 0 Å². The molecular weight excluding hydrogens is 250 g/mol. The highest BCUT2D eigenvalue weighted by molar-refractivity contribution is 7.09. The van der Waals surface area contributed by atoms with Gasteiger partial charge in [-0.25, -0.2) is 4.98 Å². The fourth-order valence-electron chi connectivity index (χ4n) is 1.83. The molecule has 2 rings (SSSR count). The molecule has 0 saturated heterocycles. The summed E-state index contributed by atoms with van der Waals surface area (Å²) in [4.78, 5) is 8.70. The van der Waals surface area contributed by atoms with E-state index in [9.17, 15) is 5.11 Å². The van der Waals surface area contributed by atoms with Crippen LogP contribution in [0.1, 0.15) is 48.6 Å². The van der Waals surface area contributed by atoms with Gasteiger partial charge in [0.1, 0.15) is 5.01 Å². The van der Waals surface area contributed by atoms with Gasteiger partial charge in [-0.3, -0.25) is 0 Å². The normalized spacial score (nSPS) is 14.7. The van der Waals surface area contributed by atoms with E-state index in [1.165, 1.54) is 0 Å². The van der Waals surface area contributed by atoms with E-state index in [2.05, 4.69) is 15.1 Å². The maximum Gasteiger partial charge on any atom is 0.232 e. The lowest BCUT2D eigenvalue weighted by molar-refractivity contribution is 0.141. The van der Waals surface area contributed by atoms with Crippen LogP contribution >= 0.6 is 11.3 Å². The summed E-state index contributed by atoms with van der Waals surface area (Å²) in [6.45, 7) is 5.69. The zero-order valence-corrected chi connectivity index (χ0v) is 11.6. The Labute approximate surface area is 110 Å². The monoisotopic (exact) mass is 267 g/mol. The second-order valence-electron chi connectivity index (χ2n) is 4.36. The van der Waals surface area contributed by atoms with Crippen molar-refractivity contribution in [2.75, 3.05) is 0 Å². The minimum absolute atomic E-state index is 0.0933. The average molecular weight is 267 g/mol. The summed E-state index contributed by atoms with van der Waals surface area (Å²) in [6.07, 6.45) is 0.874. The van der Waals surface area contributed by atoms with Crippen LogP contribution in [0.4, 0.5) is 0 Å². The number of hydrogen-bond acceptors (Lipinski definition) is 6. The predicted octanol–water partition coefficient (Wildman–Crippen LogP) is 2.30. The largest absolute Gasteiger partial charge is 0.393 e. The molecule has 0 aromatic carbocycles. The smallest absolute Gasteiger partial charge is 0.232 e. The first-order chi connectivity index (χ1) is 8.60. The SMILES string of the molecule is CCC(c1nc(Cc2nc(C)cs2)no1)C(C)O. The summed E-state index contributed by atoms with van der Waals surface area (Å²) < 4.78 is 5.21. The molecule has 18 heavy (non-hydrogen) atoms. The third-order valence-electron chi connectivity index (χ3n) is 2.80. The Balaban J connectivity index is 2.10. The molecule has 0 aliphatic rings. The Kier molecular flexibility index (Phi) is 4.08. The molecule has 2 aromatic rings. The van der Waals surface area contributed by atoms with Crippen LogP contribution in [0.2, 0.25) is 0 Å². The molecule has 2 unspecified atom stereocenters. The van der Waals surface area contributed by atoms with Crippen LogP contribution in [0.3, 0.4) is 0 Å². The van der Waals surface area contributed by atoms with Gasteiger partial charge in [0.15, 0.2) is 5.82 Å². The highest BCUT2D eigenvalue weighted by Crippen LogP contribution is 2.22. The molecule has 0 aliphatic carbocycles. The van der Waals surface area contributed by atoms with Gasteiger partial charge in [-0.15, -0.1) is 11.3 Å². The van der Waals surface area contributed by atoms with Crippen molar-refractivity contribution in [1.29, 1.82) is 0 Å². The highest BCUT2D eigenvalue weighted by atomic mass is 32.1. The van der Waals surface area contributed by atoms with Crippen molar-refractivity contribution in [1.82, 2.24) is 15.1 Å². The fraction of sp³-hybridized carbons (Fsp3) is 0.583. The van der Waals surface area contributed by atoms with E-state index in [1.54, 1.807) is 18.3 Å². The topological polar surface area (TPSA) is 72.0 Å². The van der Waals surface area contributed by atoms with E-state index in [0.717, 1.165) is 17.1 Å². The van der Waals surface area contributed by atoms with Crippen molar-refractivity contribution in [3.63, 3.8) is 0 Å². The number of aliphatic hydroxyl groups is 1. The molecule has 2 atom stereocenters. The Morgan fingerprint density at radius 3 is 2.78 bits per heavy atom. The first-order valence-corrected chi connectivity index (χ1v) is 6.89. The molecule has 0 aliphatic heterocycles. The maximum atomic E-state index is 9.63. The van der Waals surface area contributed by atoms with Crippen molar-refractivity contribution in [2.24, 2.45) is 0 Å². The van der Waals surface area contributed by atoms with Crippen molar-refractivity contribution < 1.29 is 9.63 Å². The van der Waals surface area contributed by atoms with Crippen LogP contribution in [-0.2, 0) is 6.42 Å². The van der Waals surface area contributed by atoms with Gasteiger partial charge in [-0.1, -0.05) is 12.1 Å². The second kappa shape index (κ2) is 5.58. The Hall–Kier alpha value is -1.27. The summed E-state index contributed by atoms with van der Waals surface area (Å²) in [5, 5.41) is 16.5. The van der Waals surface area contributed by atoms with E-state index < -0.39 is 6.10 Å². The van der Waals surface area contributed by atoms with Crippen molar-refractivity contribution in [2.45, 2.75) is 45.6 Å². The molecular formula is C12H17N3O2S. The van der Waals surface area contributed by atoms with Crippen molar-refractivity contribution >= 4 is 11.3 Å². The number of thiazole rings is 1. The van der Waals surface area contributed by atoms with Gasteiger partial charge in [-0.2, -0.15) is 4.98 Å². The molecule has 2 heterocycles. The Bertz CT molecular complexity index is 507. The zero-order chi connectivity index (χ0) is 13.1. The van der Waals surface area contributed by atoms with Crippen LogP contribution in [0.15, 0.2) is 9.90 Å². The third kappa shape index (κ3) is 2.94. The first-order valence-electron chi connectivity index (χ1n) is 6.01. The summed E-state index contributed by atoms with van der Waals surface area (Å²) in [5.74, 6) is 1.04. The molecule has 5 nitrogen and oxygen atoms in total. The molecule has 6 heteroatoms. The van der Waals surface area contributed by atoms with E-state index in [-0.39, 0.29) is 5.92 Å². The lowest BCUT2D eigenvalue weighted by Gasteiger charge is -2.12. The number of aromatic nitrogens is 3. The average Bonchev–Trinajstić information content (AvgIpc) is 2.90. The standard InChI is InChI=1S/C12H17N3O2S/c1-4-9(8(3)16)12-14-10(15-17-12)5-11-13-7(2)6-18-11/h6,8-9,16H,4-5H2,1-3H3. The van der Waals surface area contributed by atoms with Gasteiger partial charge in [0, 0.05) is 11.1 Å². The van der Waals surface area contributed by atoms with Crippen LogP contribution < -0.4 is 0 Å². The van der Waals surface area contributed by atoms with Crippen LogP contribution in [-0.4, -0.2) is 26.3 Å². The van der Waals surface area contributed by atoms with E-state index >= 15 is 0 Å². The van der Waals surface area contributed by atoms with Gasteiger partial charge in [0.05, 0.1) is 18.4 Å². The lowest BCUT2D eigenvalue weighted by Crippen LogP contribution is -2.14. The predicted molar refractivity (Wildman–Crippen MR) is 68.7 cm³/mol. The number of aliphatic hydroxyl groups excluding tert-OH is 1. The molecule has 2 aromatic heterocycles. The van der Waals surface area contributed by atoms with Crippen LogP contribution in [0.5, 0.6) is 0 Å². The fourth-order valence-corrected chi connectivity index (χ4v) is 2.60. The quantitative estimate of drug-likeness (QED) is 0.900. The van der Waals surface area contributed by atoms with Gasteiger partial charge in [0.25, 0.3) is 0 Å². The first kappa shape index (κ1) is 13.2. The summed E-state index contributed by atoms with van der Waals surface area (Å²) in [6, 6.07) is 0. The van der Waals surface area contributed by atoms with Crippen molar-refractivity contribution in [3.8, 4) is 0 Å². The number of rotatable bonds is 5. The second-order valence-corrected chi connectivity index (χ2v) is 5.31. The molecule has 0 radical (unpaired) electrons. The van der Waals surface area contributed by atoms with Gasteiger partial charge in [0.2, 0.25) is 5.89 Å². The Morgan fingerprint density at radius 1 is 1.44 bits per heavy atom. The molecule has 0 spiro atoms. The number of nitrogens with zero attached hydrogens (tertiary/aromatic N) is 3. The van der Waals surface area contributed by atoms with Crippen LogP contribution in [0, 0.1) is 6.92 Å². The molecule has 98 valence electrons. The van der Waals surface area contributed by atoms with Gasteiger partial charge < -0.3 is 9.63 Å². The minimum atomic E-state index is -0.481. The van der Waals surface area contributed by atoms with E-state index in [1.807, 2.05) is 19.2 Å². The van der Waals surface area contributed by atoms with Crippen molar-refractivity contribution in [3.05, 3.63) is 27.8 Å². The summed E-state index contributed by atoms with van der Waals surface area (Å²) in [7, 11) is 0. The molecule has 0 amide bonds. The molecule has 1 N–H and O–H groups in total. The molecule has 0 bridgehead atoms. The van der Waals surface area contributed by atoms with Crippen LogP contribution in [0.25, 0.3) is 0 Å².